The van der Waals surface area contributed by atoms with E-state index in [-0.39, 0.29) is 5.91 Å². The first-order valence-electron chi connectivity index (χ1n) is 8.46. The Kier molecular flexibility index (Phi) is 5.11. The van der Waals surface area contributed by atoms with Gasteiger partial charge in [-0.2, -0.15) is 0 Å². The third kappa shape index (κ3) is 4.21. The second kappa shape index (κ2) is 7.44. The minimum atomic E-state index is 0.228. The zero-order valence-electron chi connectivity index (χ0n) is 13.7. The molecule has 0 N–H and O–H groups in total. The average molecular weight is 312 g/mol. The molecule has 0 spiro atoms. The summed E-state index contributed by atoms with van der Waals surface area (Å²) in [5.74, 6) is 2.45. The first kappa shape index (κ1) is 15.8. The summed E-state index contributed by atoms with van der Waals surface area (Å²) in [6.07, 6.45) is 7.67. The lowest BCUT2D eigenvalue weighted by atomic mass is 9.85. The van der Waals surface area contributed by atoms with Gasteiger partial charge in [0.2, 0.25) is 5.91 Å². The van der Waals surface area contributed by atoms with Crippen LogP contribution in [-0.4, -0.2) is 29.4 Å². The molecule has 4 nitrogen and oxygen atoms in total. The van der Waals surface area contributed by atoms with Gasteiger partial charge in [0.15, 0.2) is 11.7 Å². The SMILES string of the molecule is CN(CC1CCC1)C(=O)CCCc1ncc(-c2ccccc2)o1. The summed E-state index contributed by atoms with van der Waals surface area (Å²) in [6, 6.07) is 9.95. The smallest absolute Gasteiger partial charge is 0.222 e. The Bertz CT molecular complexity index is 632. The highest BCUT2D eigenvalue weighted by Gasteiger charge is 2.21. The summed E-state index contributed by atoms with van der Waals surface area (Å²) in [5, 5.41) is 0. The first-order chi connectivity index (χ1) is 11.2. The molecule has 1 heterocycles. The number of amides is 1. The van der Waals surface area contributed by atoms with Crippen LogP contribution in [0, 0.1) is 5.92 Å². The van der Waals surface area contributed by atoms with Crippen LogP contribution in [0.4, 0.5) is 0 Å². The highest BCUT2D eigenvalue weighted by Crippen LogP contribution is 2.27. The number of aryl methyl sites for hydroxylation is 1. The first-order valence-corrected chi connectivity index (χ1v) is 8.46. The van der Waals surface area contributed by atoms with Crippen molar-refractivity contribution in [3.8, 4) is 11.3 Å². The Morgan fingerprint density at radius 3 is 2.78 bits per heavy atom. The number of rotatable bonds is 7. The van der Waals surface area contributed by atoms with Gasteiger partial charge in [0, 0.05) is 32.0 Å². The normalized spacial score (nSPS) is 14.5. The number of carbonyl (C=O) groups is 1. The minimum absolute atomic E-state index is 0.228. The van der Waals surface area contributed by atoms with E-state index in [9.17, 15) is 4.79 Å². The van der Waals surface area contributed by atoms with E-state index in [0.29, 0.717) is 18.7 Å². The quantitative estimate of drug-likeness (QED) is 0.778. The second-order valence-corrected chi connectivity index (χ2v) is 6.41. The topological polar surface area (TPSA) is 46.3 Å². The molecule has 0 aliphatic heterocycles. The maximum Gasteiger partial charge on any atom is 0.222 e. The molecular weight excluding hydrogens is 288 g/mol. The molecule has 0 radical (unpaired) electrons. The van der Waals surface area contributed by atoms with Gasteiger partial charge in [-0.15, -0.1) is 0 Å². The Balaban J connectivity index is 1.43. The molecule has 2 aromatic rings. The van der Waals surface area contributed by atoms with Crippen LogP contribution in [0.25, 0.3) is 11.3 Å². The molecule has 4 heteroatoms. The Morgan fingerprint density at radius 1 is 1.30 bits per heavy atom. The monoisotopic (exact) mass is 312 g/mol. The molecule has 1 aromatic carbocycles. The molecule has 1 fully saturated rings. The molecule has 0 bridgehead atoms. The molecular formula is C19H24N2O2. The zero-order chi connectivity index (χ0) is 16.1. The molecule has 0 unspecified atom stereocenters. The van der Waals surface area contributed by atoms with E-state index in [2.05, 4.69) is 4.98 Å². The van der Waals surface area contributed by atoms with E-state index < -0.39 is 0 Å². The summed E-state index contributed by atoms with van der Waals surface area (Å²) in [7, 11) is 1.92. The van der Waals surface area contributed by atoms with Crippen LogP contribution in [0.2, 0.25) is 0 Å². The van der Waals surface area contributed by atoms with Crippen LogP contribution in [0.1, 0.15) is 38.0 Å². The van der Waals surface area contributed by atoms with Crippen molar-refractivity contribution in [1.29, 1.82) is 0 Å². The fraction of sp³-hybridized carbons (Fsp3) is 0.474. The number of benzene rings is 1. The van der Waals surface area contributed by atoms with Gasteiger partial charge in [-0.3, -0.25) is 4.79 Å². The van der Waals surface area contributed by atoms with Crippen LogP contribution in [0.3, 0.4) is 0 Å². The van der Waals surface area contributed by atoms with Crippen molar-refractivity contribution in [3.05, 3.63) is 42.4 Å². The molecule has 23 heavy (non-hydrogen) atoms. The lowest BCUT2D eigenvalue weighted by Crippen LogP contribution is -2.34. The maximum atomic E-state index is 12.1. The van der Waals surface area contributed by atoms with E-state index in [0.717, 1.165) is 30.2 Å². The van der Waals surface area contributed by atoms with Gasteiger partial charge in [0.05, 0.1) is 6.20 Å². The van der Waals surface area contributed by atoms with Gasteiger partial charge in [0.1, 0.15) is 0 Å². The molecule has 3 rings (SSSR count). The fourth-order valence-corrected chi connectivity index (χ4v) is 2.91. The van der Waals surface area contributed by atoms with Crippen LogP contribution in [0.5, 0.6) is 0 Å². The standard InChI is InChI=1S/C19H24N2O2/c1-21(14-15-7-5-8-15)19(22)12-6-11-18-20-13-17(23-18)16-9-3-2-4-10-16/h2-4,9-10,13,15H,5-8,11-12,14H2,1H3. The Morgan fingerprint density at radius 2 is 2.09 bits per heavy atom. The predicted octanol–water partition coefficient (Wildman–Crippen LogP) is 3.92. The van der Waals surface area contributed by atoms with Crippen molar-refractivity contribution >= 4 is 5.91 Å². The molecule has 1 aliphatic carbocycles. The van der Waals surface area contributed by atoms with E-state index >= 15 is 0 Å². The predicted molar refractivity (Wildman–Crippen MR) is 89.9 cm³/mol. The molecule has 0 saturated heterocycles. The Labute approximate surface area is 137 Å². The molecule has 0 atom stereocenters. The lowest BCUT2D eigenvalue weighted by Gasteiger charge is -2.30. The lowest BCUT2D eigenvalue weighted by molar-refractivity contribution is -0.130. The van der Waals surface area contributed by atoms with Crippen LogP contribution in [-0.2, 0) is 11.2 Å². The summed E-state index contributed by atoms with van der Waals surface area (Å²) >= 11 is 0. The number of nitrogens with zero attached hydrogens (tertiary/aromatic N) is 2. The largest absolute Gasteiger partial charge is 0.441 e. The molecule has 1 saturated carbocycles. The number of carbonyl (C=O) groups excluding carboxylic acids is 1. The fourth-order valence-electron chi connectivity index (χ4n) is 2.91. The van der Waals surface area contributed by atoms with Crippen LogP contribution >= 0.6 is 0 Å². The van der Waals surface area contributed by atoms with E-state index in [4.69, 9.17) is 4.42 Å². The molecule has 122 valence electrons. The highest BCUT2D eigenvalue weighted by molar-refractivity contribution is 5.75. The minimum Gasteiger partial charge on any atom is -0.441 e. The van der Waals surface area contributed by atoms with Crippen molar-refractivity contribution in [2.45, 2.75) is 38.5 Å². The van der Waals surface area contributed by atoms with Gasteiger partial charge in [-0.25, -0.2) is 4.98 Å². The van der Waals surface area contributed by atoms with Crippen molar-refractivity contribution in [2.75, 3.05) is 13.6 Å². The summed E-state index contributed by atoms with van der Waals surface area (Å²) in [4.78, 5) is 18.3. The summed E-state index contributed by atoms with van der Waals surface area (Å²) < 4.78 is 5.77. The number of hydrogen-bond donors (Lipinski definition) is 0. The maximum absolute atomic E-state index is 12.1. The molecule has 1 amide bonds. The van der Waals surface area contributed by atoms with Crippen molar-refractivity contribution in [3.63, 3.8) is 0 Å². The van der Waals surface area contributed by atoms with E-state index in [1.54, 1.807) is 6.20 Å². The summed E-state index contributed by atoms with van der Waals surface area (Å²) in [6.45, 7) is 0.913. The third-order valence-electron chi connectivity index (χ3n) is 4.58. The number of oxazole rings is 1. The van der Waals surface area contributed by atoms with Gasteiger partial charge in [-0.1, -0.05) is 36.8 Å². The number of aromatic nitrogens is 1. The van der Waals surface area contributed by atoms with Crippen molar-refractivity contribution in [1.82, 2.24) is 9.88 Å². The van der Waals surface area contributed by atoms with Gasteiger partial charge < -0.3 is 9.32 Å². The summed E-state index contributed by atoms with van der Waals surface area (Å²) in [5.41, 5.74) is 1.03. The van der Waals surface area contributed by atoms with E-state index in [1.165, 1.54) is 19.3 Å². The van der Waals surface area contributed by atoms with E-state index in [1.807, 2.05) is 42.3 Å². The van der Waals surface area contributed by atoms with Crippen LogP contribution < -0.4 is 0 Å². The zero-order valence-corrected chi connectivity index (χ0v) is 13.7. The van der Waals surface area contributed by atoms with Crippen molar-refractivity contribution in [2.24, 2.45) is 5.92 Å². The van der Waals surface area contributed by atoms with Gasteiger partial charge in [-0.05, 0) is 25.2 Å². The number of hydrogen-bond acceptors (Lipinski definition) is 3. The Hall–Kier alpha value is -2.10. The third-order valence-corrected chi connectivity index (χ3v) is 4.58. The average Bonchev–Trinajstić information content (AvgIpc) is 3.00. The highest BCUT2D eigenvalue weighted by atomic mass is 16.4. The van der Waals surface area contributed by atoms with Gasteiger partial charge >= 0.3 is 0 Å². The van der Waals surface area contributed by atoms with Crippen molar-refractivity contribution < 1.29 is 9.21 Å². The van der Waals surface area contributed by atoms with Gasteiger partial charge in [0.25, 0.3) is 0 Å². The second-order valence-electron chi connectivity index (χ2n) is 6.41. The van der Waals surface area contributed by atoms with Crippen LogP contribution in [0.15, 0.2) is 40.9 Å². The molecule has 1 aliphatic rings. The molecule has 1 aromatic heterocycles.